The molecule has 29 heavy (non-hydrogen) atoms. The van der Waals surface area contributed by atoms with Crippen LogP contribution >= 0.6 is 0 Å². The molecule has 0 radical (unpaired) electrons. The summed E-state index contributed by atoms with van der Waals surface area (Å²) in [5.74, 6) is 1.56. The fourth-order valence-corrected chi connectivity index (χ4v) is 4.24. The summed E-state index contributed by atoms with van der Waals surface area (Å²) in [5.41, 5.74) is 0.362. The van der Waals surface area contributed by atoms with Crippen LogP contribution in [0.15, 0.2) is 18.2 Å². The second-order valence-electron chi connectivity index (χ2n) is 7.95. The molecule has 1 saturated carbocycles. The first kappa shape index (κ1) is 23.5. The van der Waals surface area contributed by atoms with E-state index in [-0.39, 0.29) is 18.2 Å². The molecular weight excluding hydrogens is 390 g/mol. The van der Waals surface area contributed by atoms with Gasteiger partial charge in [-0.2, -0.15) is 0 Å². The quantitative estimate of drug-likeness (QED) is 0.512. The maximum absolute atomic E-state index is 12.3. The molecule has 7 heteroatoms. The van der Waals surface area contributed by atoms with Crippen LogP contribution in [-0.2, 0) is 9.84 Å². The van der Waals surface area contributed by atoms with Crippen molar-refractivity contribution in [2.45, 2.75) is 57.8 Å². The third kappa shape index (κ3) is 9.07. The number of nitrogens with one attached hydrogen (secondary N) is 1. The molecule has 0 aliphatic heterocycles. The van der Waals surface area contributed by atoms with E-state index in [0.29, 0.717) is 23.7 Å². The van der Waals surface area contributed by atoms with Crippen molar-refractivity contribution < 1.29 is 22.7 Å². The third-order valence-electron chi connectivity index (χ3n) is 5.43. The highest BCUT2D eigenvalue weighted by molar-refractivity contribution is 7.90. The van der Waals surface area contributed by atoms with Crippen LogP contribution in [0.3, 0.4) is 0 Å². The highest BCUT2D eigenvalue weighted by Crippen LogP contribution is 2.28. The van der Waals surface area contributed by atoms with E-state index in [2.05, 4.69) is 5.32 Å². The first-order valence-corrected chi connectivity index (χ1v) is 12.7. The Morgan fingerprint density at radius 3 is 2.59 bits per heavy atom. The van der Waals surface area contributed by atoms with Crippen molar-refractivity contribution in [3.8, 4) is 11.5 Å². The molecule has 0 atom stereocenters. The minimum atomic E-state index is -3.11. The number of carbonyl (C=O) groups is 1. The van der Waals surface area contributed by atoms with E-state index >= 15 is 0 Å². The molecule has 0 aromatic heterocycles. The molecule has 1 aromatic carbocycles. The zero-order chi connectivity index (χ0) is 21.1. The molecule has 1 amide bonds. The summed E-state index contributed by atoms with van der Waals surface area (Å²) in [6.45, 7) is 0.716. The van der Waals surface area contributed by atoms with Crippen LogP contribution in [0, 0.1) is 5.92 Å². The van der Waals surface area contributed by atoms with Gasteiger partial charge in [0.25, 0.3) is 5.91 Å². The zero-order valence-electron chi connectivity index (χ0n) is 17.7. The highest BCUT2D eigenvalue weighted by Gasteiger charge is 2.14. The Kier molecular flexibility index (Phi) is 9.78. The summed E-state index contributed by atoms with van der Waals surface area (Å²) in [7, 11) is -1.62. The number of carbonyl (C=O) groups excluding carboxylic acids is 1. The standard InChI is InChI=1S/C22H35NO5S/c1-27-21-17-19(12-13-20(21)22(24)23-14-16-29(2,25)26)28-15-8-4-7-11-18-9-5-3-6-10-18/h12-13,17-18H,3-11,14-16H2,1-2H3,(H,23,24). The Morgan fingerprint density at radius 2 is 1.90 bits per heavy atom. The van der Waals surface area contributed by atoms with Gasteiger partial charge in [-0.15, -0.1) is 0 Å². The van der Waals surface area contributed by atoms with Gasteiger partial charge in [0.2, 0.25) is 0 Å². The maximum Gasteiger partial charge on any atom is 0.255 e. The third-order valence-corrected chi connectivity index (χ3v) is 6.37. The highest BCUT2D eigenvalue weighted by atomic mass is 32.2. The molecule has 2 rings (SSSR count). The smallest absolute Gasteiger partial charge is 0.255 e. The van der Waals surface area contributed by atoms with E-state index in [1.54, 1.807) is 18.2 Å². The maximum atomic E-state index is 12.3. The molecular formula is C22H35NO5S. The van der Waals surface area contributed by atoms with Gasteiger partial charge in [-0.1, -0.05) is 51.4 Å². The van der Waals surface area contributed by atoms with Gasteiger partial charge in [-0.05, 0) is 24.5 Å². The van der Waals surface area contributed by atoms with Crippen molar-refractivity contribution in [3.05, 3.63) is 23.8 Å². The van der Waals surface area contributed by atoms with Gasteiger partial charge in [-0.25, -0.2) is 8.42 Å². The number of sulfone groups is 1. The average molecular weight is 426 g/mol. The fourth-order valence-electron chi connectivity index (χ4n) is 3.77. The van der Waals surface area contributed by atoms with E-state index < -0.39 is 9.84 Å². The zero-order valence-corrected chi connectivity index (χ0v) is 18.6. The lowest BCUT2D eigenvalue weighted by molar-refractivity contribution is 0.0953. The molecule has 1 aliphatic rings. The number of hydrogen-bond donors (Lipinski definition) is 1. The molecule has 6 nitrogen and oxygen atoms in total. The van der Waals surface area contributed by atoms with Gasteiger partial charge in [0.05, 0.1) is 25.0 Å². The molecule has 0 unspecified atom stereocenters. The molecule has 0 bridgehead atoms. The van der Waals surface area contributed by atoms with Crippen LogP contribution in [0.1, 0.15) is 68.1 Å². The normalized spacial score (nSPS) is 15.1. The molecule has 0 saturated heterocycles. The van der Waals surface area contributed by atoms with Crippen molar-refractivity contribution >= 4 is 15.7 Å². The largest absolute Gasteiger partial charge is 0.496 e. The van der Waals surface area contributed by atoms with E-state index in [1.165, 1.54) is 58.5 Å². The summed E-state index contributed by atoms with van der Waals surface area (Å²) in [4.78, 5) is 12.3. The Bertz CT molecular complexity index is 742. The molecule has 1 N–H and O–H groups in total. The summed E-state index contributed by atoms with van der Waals surface area (Å²) < 4.78 is 33.5. The molecule has 1 aromatic rings. The fraction of sp³-hybridized carbons (Fsp3) is 0.682. The minimum Gasteiger partial charge on any atom is -0.496 e. The van der Waals surface area contributed by atoms with Crippen molar-refractivity contribution in [2.24, 2.45) is 5.92 Å². The van der Waals surface area contributed by atoms with Gasteiger partial charge >= 0.3 is 0 Å². The van der Waals surface area contributed by atoms with Gasteiger partial charge in [0, 0.05) is 18.9 Å². The predicted octanol–water partition coefficient (Wildman–Crippen LogP) is 3.99. The number of benzene rings is 1. The van der Waals surface area contributed by atoms with Crippen LogP contribution in [0.5, 0.6) is 11.5 Å². The Hall–Kier alpha value is -1.76. The molecule has 164 valence electrons. The van der Waals surface area contributed by atoms with Crippen molar-refractivity contribution in [3.63, 3.8) is 0 Å². The lowest BCUT2D eigenvalue weighted by atomic mass is 9.86. The molecule has 0 heterocycles. The van der Waals surface area contributed by atoms with Crippen molar-refractivity contribution in [1.29, 1.82) is 0 Å². The van der Waals surface area contributed by atoms with Gasteiger partial charge in [0.15, 0.2) is 0 Å². The topological polar surface area (TPSA) is 81.7 Å². The number of ether oxygens (including phenoxy) is 2. The lowest BCUT2D eigenvalue weighted by Crippen LogP contribution is -2.29. The van der Waals surface area contributed by atoms with Crippen LogP contribution in [-0.4, -0.2) is 46.6 Å². The number of amides is 1. The second-order valence-corrected chi connectivity index (χ2v) is 10.2. The number of hydrogen-bond acceptors (Lipinski definition) is 5. The van der Waals surface area contributed by atoms with Crippen molar-refractivity contribution in [2.75, 3.05) is 32.3 Å². The van der Waals surface area contributed by atoms with Crippen LogP contribution in [0.4, 0.5) is 0 Å². The van der Waals surface area contributed by atoms with E-state index in [0.717, 1.165) is 18.6 Å². The second kappa shape index (κ2) is 12.1. The van der Waals surface area contributed by atoms with Crippen LogP contribution in [0.25, 0.3) is 0 Å². The van der Waals surface area contributed by atoms with Gasteiger partial charge in [0.1, 0.15) is 21.3 Å². The van der Waals surface area contributed by atoms with Crippen molar-refractivity contribution in [1.82, 2.24) is 5.32 Å². The monoisotopic (exact) mass is 425 g/mol. The average Bonchev–Trinajstić information content (AvgIpc) is 2.70. The number of rotatable bonds is 12. The molecule has 1 fully saturated rings. The van der Waals surface area contributed by atoms with Gasteiger partial charge < -0.3 is 14.8 Å². The predicted molar refractivity (Wildman–Crippen MR) is 116 cm³/mol. The summed E-state index contributed by atoms with van der Waals surface area (Å²) >= 11 is 0. The van der Waals surface area contributed by atoms with E-state index in [9.17, 15) is 13.2 Å². The van der Waals surface area contributed by atoms with Gasteiger partial charge in [-0.3, -0.25) is 4.79 Å². The molecule has 0 spiro atoms. The number of methoxy groups -OCH3 is 1. The van der Waals surface area contributed by atoms with E-state index in [1.807, 2.05) is 0 Å². The lowest BCUT2D eigenvalue weighted by Gasteiger charge is -2.21. The molecule has 1 aliphatic carbocycles. The van der Waals surface area contributed by atoms with Crippen LogP contribution in [0.2, 0.25) is 0 Å². The Morgan fingerprint density at radius 1 is 1.14 bits per heavy atom. The SMILES string of the molecule is COc1cc(OCCCCCC2CCCCC2)ccc1C(=O)NCCS(C)(=O)=O. The number of unbranched alkanes of at least 4 members (excludes halogenated alkanes) is 2. The Labute approximate surface area is 175 Å². The first-order chi connectivity index (χ1) is 13.9. The van der Waals surface area contributed by atoms with Crippen LogP contribution < -0.4 is 14.8 Å². The Balaban J connectivity index is 1.72. The summed E-state index contributed by atoms with van der Waals surface area (Å²) in [6, 6.07) is 5.09. The summed E-state index contributed by atoms with van der Waals surface area (Å²) in [5, 5.41) is 2.60. The van der Waals surface area contributed by atoms with E-state index in [4.69, 9.17) is 9.47 Å². The minimum absolute atomic E-state index is 0.0694. The summed E-state index contributed by atoms with van der Waals surface area (Å²) in [6.07, 6.45) is 13.0. The first-order valence-electron chi connectivity index (χ1n) is 10.7.